The van der Waals surface area contributed by atoms with Gasteiger partial charge in [0.15, 0.2) is 22.8 Å². The van der Waals surface area contributed by atoms with Crippen molar-refractivity contribution in [3.8, 4) is 0 Å². The number of phosphoric ester groups is 3. The van der Waals surface area contributed by atoms with Crippen LogP contribution in [0, 0.1) is 5.41 Å². The number of aliphatic hydroxyl groups excluding tert-OH is 2. The van der Waals surface area contributed by atoms with E-state index in [1.54, 1.807) is 0 Å². The molecule has 0 spiro atoms. The number of ether oxygens (including phenoxy) is 1. The maximum atomic E-state index is 12.6. The van der Waals surface area contributed by atoms with E-state index in [2.05, 4.69) is 34.4 Å². The summed E-state index contributed by atoms with van der Waals surface area (Å²) >= 11 is 1.03. The molecule has 1 aliphatic heterocycles. The van der Waals surface area contributed by atoms with Gasteiger partial charge < -0.3 is 50.9 Å². The number of fused-ring (bicyclic) bond motifs is 1. The molecule has 51 heavy (non-hydrogen) atoms. The number of hydrogen-bond acceptors (Lipinski definition) is 18. The van der Waals surface area contributed by atoms with Crippen LogP contribution in [0.25, 0.3) is 11.2 Å². The van der Waals surface area contributed by atoms with E-state index in [0.29, 0.717) is 5.75 Å². The minimum atomic E-state index is -5.56. The molecule has 1 aliphatic rings. The molecule has 0 bridgehead atoms. The largest absolute Gasteiger partial charge is 0.481 e. The van der Waals surface area contributed by atoms with Crippen LogP contribution in [0.2, 0.25) is 0 Å². The normalized spacial score (nSPS) is 22.6. The van der Waals surface area contributed by atoms with Crippen LogP contribution in [0.3, 0.4) is 0 Å². The minimum Gasteiger partial charge on any atom is -0.386 e. The first-order valence-electron chi connectivity index (χ1n) is 14.5. The Balaban J connectivity index is 1.55. The molecule has 0 aliphatic carbocycles. The number of carbonyl (C=O) groups excluding carboxylic acids is 3. The number of rotatable bonds is 19. The van der Waals surface area contributed by atoms with E-state index in [4.69, 9.17) is 19.5 Å². The number of nitrogens with zero attached hydrogens (tertiary/aromatic N) is 4. The van der Waals surface area contributed by atoms with Crippen molar-refractivity contribution in [3.63, 3.8) is 0 Å². The molecule has 3 rings (SSSR count). The van der Waals surface area contributed by atoms with E-state index >= 15 is 0 Å². The van der Waals surface area contributed by atoms with Crippen molar-refractivity contribution in [2.24, 2.45) is 5.41 Å². The van der Waals surface area contributed by atoms with Gasteiger partial charge in [-0.05, 0) is 0 Å². The monoisotopic (exact) mass is 809 g/mol. The smallest absolute Gasteiger partial charge is 0.386 e. The molecule has 28 heteroatoms. The molecule has 24 nitrogen and oxygen atoms in total. The third-order valence-electron chi connectivity index (χ3n) is 6.81. The molecule has 0 radical (unpaired) electrons. The van der Waals surface area contributed by atoms with E-state index in [-0.39, 0.29) is 41.6 Å². The number of aliphatic hydroxyl groups is 2. The van der Waals surface area contributed by atoms with Gasteiger partial charge in [-0.15, -0.1) is 0 Å². The second kappa shape index (κ2) is 17.6. The lowest BCUT2D eigenvalue weighted by Gasteiger charge is -2.30. The van der Waals surface area contributed by atoms with Gasteiger partial charge in [0.25, 0.3) is 0 Å². The third kappa shape index (κ3) is 12.9. The standard InChI is InChI=1S/C23H38N7O17P3S/c1-12(31)51-7-6-25-14(32)4-5-26-21(35)18(34)23(2,3)9-44-50(41,42)47-49(39,40)43-8-13-17(46-48(36,37)38)16(33)22(45-13)30-11-29-15-19(24)27-10-28-20(15)30/h10-11,13,16-18,22,33-34H,4-9H2,1-3H3,(H,25,32)(H,26,35)(H,39,40)(H,41,42)(H2,24,27,28)(H2,36,37,38)/t13-,16+,17+,18+,22-/m1/s1. The third-order valence-corrected chi connectivity index (χ3v) is 10.7. The molecule has 2 amide bonds. The number of nitrogens with two attached hydrogens (primary N) is 1. The maximum Gasteiger partial charge on any atom is 0.481 e. The predicted molar refractivity (Wildman–Crippen MR) is 173 cm³/mol. The van der Waals surface area contributed by atoms with E-state index in [1.807, 2.05) is 0 Å². The van der Waals surface area contributed by atoms with E-state index < -0.39 is 84.6 Å². The Hall–Kier alpha value is -2.44. The highest BCUT2D eigenvalue weighted by molar-refractivity contribution is 8.13. The number of thioether (sulfide) groups is 1. The minimum absolute atomic E-state index is 0.0310. The second-order valence-corrected chi connectivity index (χ2v) is 16.9. The lowest BCUT2D eigenvalue weighted by atomic mass is 9.87. The van der Waals surface area contributed by atoms with Crippen LogP contribution >= 0.6 is 35.2 Å². The highest BCUT2D eigenvalue weighted by Crippen LogP contribution is 2.61. The lowest BCUT2D eigenvalue weighted by Crippen LogP contribution is -2.46. The number of carbonyl (C=O) groups is 3. The Morgan fingerprint density at radius 3 is 2.39 bits per heavy atom. The van der Waals surface area contributed by atoms with Gasteiger partial charge in [-0.3, -0.25) is 32.5 Å². The van der Waals surface area contributed by atoms with Crippen molar-refractivity contribution < 1.29 is 80.5 Å². The number of imidazole rings is 1. The van der Waals surface area contributed by atoms with Gasteiger partial charge in [0, 0.05) is 37.6 Å². The molecule has 2 aromatic heterocycles. The number of aromatic nitrogens is 4. The van der Waals surface area contributed by atoms with Crippen molar-refractivity contribution in [1.29, 1.82) is 0 Å². The summed E-state index contributed by atoms with van der Waals surface area (Å²) in [5.41, 5.74) is 4.26. The molecule has 0 aromatic carbocycles. The molecule has 7 atom stereocenters. The van der Waals surface area contributed by atoms with Gasteiger partial charge in [-0.1, -0.05) is 25.6 Å². The fourth-order valence-electron chi connectivity index (χ4n) is 4.32. The van der Waals surface area contributed by atoms with Crippen molar-refractivity contribution >= 4 is 69.1 Å². The number of nitrogens with one attached hydrogen (secondary N) is 2. The van der Waals surface area contributed by atoms with Crippen LogP contribution in [-0.2, 0) is 50.7 Å². The van der Waals surface area contributed by atoms with Crippen molar-refractivity contribution in [2.75, 3.05) is 37.8 Å². The molecule has 2 unspecified atom stereocenters. The summed E-state index contributed by atoms with van der Waals surface area (Å²) in [6.07, 6.45) is -6.88. The fraction of sp³-hybridized carbons (Fsp3) is 0.652. The number of anilines is 1. The van der Waals surface area contributed by atoms with Crippen LogP contribution < -0.4 is 16.4 Å². The zero-order chi connectivity index (χ0) is 38.4. The summed E-state index contributed by atoms with van der Waals surface area (Å²) in [4.78, 5) is 85.9. The van der Waals surface area contributed by atoms with Crippen molar-refractivity contribution in [1.82, 2.24) is 30.2 Å². The summed E-state index contributed by atoms with van der Waals surface area (Å²) in [5.74, 6) is -1.08. The summed E-state index contributed by atoms with van der Waals surface area (Å²) in [7, 11) is -16.4. The summed E-state index contributed by atoms with van der Waals surface area (Å²) in [5, 5.41) is 26.1. The number of hydrogen-bond donors (Lipinski definition) is 9. The topological polar surface area (TPSA) is 364 Å². The van der Waals surface area contributed by atoms with Gasteiger partial charge in [0.05, 0.1) is 19.5 Å². The van der Waals surface area contributed by atoms with Crippen molar-refractivity contribution in [2.45, 2.75) is 57.8 Å². The van der Waals surface area contributed by atoms with Gasteiger partial charge in [-0.25, -0.2) is 28.6 Å². The van der Waals surface area contributed by atoms with Crippen LogP contribution in [-0.4, -0.2) is 123 Å². The quantitative estimate of drug-likeness (QED) is 0.0587. The Morgan fingerprint density at radius 1 is 1.08 bits per heavy atom. The first-order chi connectivity index (χ1) is 23.5. The molecular weight excluding hydrogens is 771 g/mol. The molecular formula is C23H38N7O17P3S. The van der Waals surface area contributed by atoms with Gasteiger partial charge in [0.1, 0.15) is 36.3 Å². The van der Waals surface area contributed by atoms with Gasteiger partial charge >= 0.3 is 23.5 Å². The molecule has 10 N–H and O–H groups in total. The molecule has 2 aromatic rings. The zero-order valence-corrected chi connectivity index (χ0v) is 30.6. The molecule has 288 valence electrons. The molecule has 1 saturated heterocycles. The average molecular weight is 810 g/mol. The Bertz CT molecular complexity index is 1710. The van der Waals surface area contributed by atoms with Crippen LogP contribution in [0.4, 0.5) is 5.82 Å². The SMILES string of the molecule is CC(=O)SCCNC(=O)CCNC(=O)[C@H](O)C(C)(C)COP(=O)(O)OP(=O)(O)OC[C@H]1O[C@@H](n2cnc3c(N)ncnc32)[C@@H](O)[C@H]1OP(=O)(O)O. The van der Waals surface area contributed by atoms with Crippen molar-refractivity contribution in [3.05, 3.63) is 12.7 Å². The summed E-state index contributed by atoms with van der Waals surface area (Å²) in [6, 6.07) is 0. The Morgan fingerprint density at radius 2 is 1.75 bits per heavy atom. The fourth-order valence-corrected chi connectivity index (χ4v) is 7.65. The number of nitrogen functional groups attached to an aromatic ring is 1. The van der Waals surface area contributed by atoms with Crippen LogP contribution in [0.1, 0.15) is 33.4 Å². The summed E-state index contributed by atoms with van der Waals surface area (Å²) < 4.78 is 61.8. The Kier molecular flexibility index (Phi) is 14.8. The number of phosphoric acid groups is 3. The lowest BCUT2D eigenvalue weighted by molar-refractivity contribution is -0.137. The first-order valence-corrected chi connectivity index (χ1v) is 20.0. The molecule has 1 fully saturated rings. The average Bonchev–Trinajstić information content (AvgIpc) is 3.57. The first kappa shape index (κ1) is 43.0. The Labute approximate surface area is 293 Å². The van der Waals surface area contributed by atoms with Gasteiger partial charge in [0.2, 0.25) is 11.8 Å². The second-order valence-electron chi connectivity index (χ2n) is 11.4. The molecule has 0 saturated carbocycles. The highest BCUT2D eigenvalue weighted by atomic mass is 32.2. The maximum absolute atomic E-state index is 12.6. The highest BCUT2D eigenvalue weighted by Gasteiger charge is 2.50. The van der Waals surface area contributed by atoms with E-state index in [0.717, 1.165) is 29.0 Å². The van der Waals surface area contributed by atoms with E-state index in [9.17, 15) is 57.9 Å². The van der Waals surface area contributed by atoms with E-state index in [1.165, 1.54) is 20.8 Å². The van der Waals surface area contributed by atoms with Crippen LogP contribution in [0.5, 0.6) is 0 Å². The number of amides is 2. The molecule has 3 heterocycles. The van der Waals surface area contributed by atoms with Crippen LogP contribution in [0.15, 0.2) is 12.7 Å². The predicted octanol–water partition coefficient (Wildman–Crippen LogP) is -1.32. The zero-order valence-electron chi connectivity index (χ0n) is 27.1. The van der Waals surface area contributed by atoms with Gasteiger partial charge in [-0.2, -0.15) is 4.31 Å². The summed E-state index contributed by atoms with van der Waals surface area (Å²) in [6.45, 7) is 1.90.